The van der Waals surface area contributed by atoms with E-state index < -0.39 is 0 Å². The summed E-state index contributed by atoms with van der Waals surface area (Å²) in [4.78, 5) is 11.8. The summed E-state index contributed by atoms with van der Waals surface area (Å²) in [6, 6.07) is 2.25. The number of amides is 2. The number of nitrogens with zero attached hydrogens (tertiary/aromatic N) is 2. The molecule has 1 aliphatic rings. The third-order valence-corrected chi connectivity index (χ3v) is 3.61. The highest BCUT2D eigenvalue weighted by atomic mass is 16.2. The first kappa shape index (κ1) is 13.9. The maximum absolute atomic E-state index is 11.8. The maximum Gasteiger partial charge on any atom is 0.315 e. The molecule has 0 bridgehead atoms. The Bertz CT molecular complexity index is 371. The first-order valence-electron chi connectivity index (χ1n) is 7.26. The predicted molar refractivity (Wildman–Crippen MR) is 74.8 cm³/mol. The monoisotopic (exact) mass is 264 g/mol. The third kappa shape index (κ3) is 4.93. The van der Waals surface area contributed by atoms with E-state index in [1.807, 2.05) is 16.9 Å². The minimum atomic E-state index is -0.0285. The predicted octanol–water partition coefficient (Wildman–Crippen LogP) is 2.15. The van der Waals surface area contributed by atoms with Gasteiger partial charge >= 0.3 is 6.03 Å². The smallest absolute Gasteiger partial charge is 0.315 e. The van der Waals surface area contributed by atoms with Crippen LogP contribution in [-0.2, 0) is 6.54 Å². The standard InChI is InChI=1S/C14H24N4O/c1-12(11-18-9-5-8-16-18)10-15-14(19)17-13-6-3-2-4-7-13/h5,8-9,12-13H,2-4,6-7,10-11H2,1H3,(H2,15,17,19)/t12-/m0/s1. The van der Waals surface area contributed by atoms with Crippen molar-refractivity contribution >= 4 is 6.03 Å². The van der Waals surface area contributed by atoms with Gasteiger partial charge in [-0.15, -0.1) is 0 Å². The van der Waals surface area contributed by atoms with Crippen molar-refractivity contribution in [3.8, 4) is 0 Å². The molecule has 1 aromatic heterocycles. The van der Waals surface area contributed by atoms with Crippen LogP contribution in [0.25, 0.3) is 0 Å². The molecular formula is C14H24N4O. The van der Waals surface area contributed by atoms with Crippen molar-refractivity contribution < 1.29 is 4.79 Å². The molecule has 5 heteroatoms. The fraction of sp³-hybridized carbons (Fsp3) is 0.714. The second-order valence-electron chi connectivity index (χ2n) is 5.52. The summed E-state index contributed by atoms with van der Waals surface area (Å²) < 4.78 is 1.89. The second kappa shape index (κ2) is 7.16. The Labute approximate surface area is 114 Å². The molecule has 2 rings (SSSR count). The van der Waals surface area contributed by atoms with E-state index in [2.05, 4.69) is 22.7 Å². The van der Waals surface area contributed by atoms with Gasteiger partial charge in [0.25, 0.3) is 0 Å². The number of carbonyl (C=O) groups excluding carboxylic acids is 1. The summed E-state index contributed by atoms with van der Waals surface area (Å²) in [5, 5.41) is 10.2. The van der Waals surface area contributed by atoms with Gasteiger partial charge in [0.05, 0.1) is 0 Å². The fourth-order valence-corrected chi connectivity index (χ4v) is 2.54. The number of urea groups is 1. The van der Waals surface area contributed by atoms with Crippen LogP contribution < -0.4 is 10.6 Å². The third-order valence-electron chi connectivity index (χ3n) is 3.61. The van der Waals surface area contributed by atoms with Crippen molar-refractivity contribution in [2.75, 3.05) is 6.54 Å². The molecule has 1 aromatic rings. The zero-order valence-corrected chi connectivity index (χ0v) is 11.6. The zero-order valence-electron chi connectivity index (χ0n) is 11.6. The van der Waals surface area contributed by atoms with E-state index >= 15 is 0 Å². The van der Waals surface area contributed by atoms with Crippen LogP contribution in [-0.4, -0.2) is 28.4 Å². The maximum atomic E-state index is 11.8. The molecular weight excluding hydrogens is 240 g/mol. The van der Waals surface area contributed by atoms with E-state index in [0.717, 1.165) is 19.4 Å². The Balaban J connectivity index is 1.62. The van der Waals surface area contributed by atoms with Gasteiger partial charge < -0.3 is 10.6 Å². The average Bonchev–Trinajstić information content (AvgIpc) is 2.90. The molecule has 1 aliphatic carbocycles. The number of aromatic nitrogens is 2. The summed E-state index contributed by atoms with van der Waals surface area (Å²) in [7, 11) is 0. The molecule has 1 saturated carbocycles. The van der Waals surface area contributed by atoms with Crippen molar-refractivity contribution in [3.05, 3.63) is 18.5 Å². The normalized spacial score (nSPS) is 17.9. The van der Waals surface area contributed by atoms with Gasteiger partial charge in [0.1, 0.15) is 0 Å². The molecule has 0 aromatic carbocycles. The molecule has 106 valence electrons. The Morgan fingerprint density at radius 3 is 2.89 bits per heavy atom. The molecule has 1 atom stereocenters. The first-order chi connectivity index (χ1) is 9.24. The van der Waals surface area contributed by atoms with E-state index in [1.165, 1.54) is 19.3 Å². The summed E-state index contributed by atoms with van der Waals surface area (Å²) in [6.45, 7) is 3.62. The van der Waals surface area contributed by atoms with Crippen LogP contribution in [0.1, 0.15) is 39.0 Å². The van der Waals surface area contributed by atoms with E-state index in [9.17, 15) is 4.79 Å². The topological polar surface area (TPSA) is 59.0 Å². The zero-order chi connectivity index (χ0) is 13.5. The lowest BCUT2D eigenvalue weighted by Gasteiger charge is -2.23. The molecule has 5 nitrogen and oxygen atoms in total. The van der Waals surface area contributed by atoms with Crippen LogP contribution in [0.15, 0.2) is 18.5 Å². The Morgan fingerprint density at radius 2 is 2.21 bits per heavy atom. The molecule has 0 unspecified atom stereocenters. The number of hydrogen-bond acceptors (Lipinski definition) is 2. The van der Waals surface area contributed by atoms with Gasteiger partial charge in [0, 0.05) is 31.5 Å². The summed E-state index contributed by atoms with van der Waals surface area (Å²) >= 11 is 0. The highest BCUT2D eigenvalue weighted by molar-refractivity contribution is 5.74. The highest BCUT2D eigenvalue weighted by Gasteiger charge is 2.15. The summed E-state index contributed by atoms with van der Waals surface area (Å²) in [6.07, 6.45) is 9.74. The summed E-state index contributed by atoms with van der Waals surface area (Å²) in [5.74, 6) is 0.372. The van der Waals surface area contributed by atoms with Crippen LogP contribution in [0.4, 0.5) is 4.79 Å². The van der Waals surface area contributed by atoms with Crippen LogP contribution in [0.3, 0.4) is 0 Å². The lowest BCUT2D eigenvalue weighted by molar-refractivity contribution is 0.230. The molecule has 1 heterocycles. The van der Waals surface area contributed by atoms with Gasteiger partial charge in [0.15, 0.2) is 0 Å². The SMILES string of the molecule is C[C@@H](CNC(=O)NC1CCCCC1)Cn1cccn1. The van der Waals surface area contributed by atoms with Crippen LogP contribution in [0.5, 0.6) is 0 Å². The van der Waals surface area contributed by atoms with Crippen molar-refractivity contribution in [1.82, 2.24) is 20.4 Å². The van der Waals surface area contributed by atoms with Gasteiger partial charge in [0.2, 0.25) is 0 Å². The second-order valence-corrected chi connectivity index (χ2v) is 5.52. The molecule has 0 spiro atoms. The van der Waals surface area contributed by atoms with E-state index in [0.29, 0.717) is 18.5 Å². The Kier molecular flexibility index (Phi) is 5.24. The minimum Gasteiger partial charge on any atom is -0.338 e. The summed E-state index contributed by atoms with van der Waals surface area (Å²) in [5.41, 5.74) is 0. The lowest BCUT2D eigenvalue weighted by atomic mass is 9.96. The van der Waals surface area contributed by atoms with Crippen LogP contribution >= 0.6 is 0 Å². The fourth-order valence-electron chi connectivity index (χ4n) is 2.54. The van der Waals surface area contributed by atoms with E-state index in [1.54, 1.807) is 6.20 Å². The minimum absolute atomic E-state index is 0.0285. The van der Waals surface area contributed by atoms with Crippen molar-refractivity contribution in [3.63, 3.8) is 0 Å². The van der Waals surface area contributed by atoms with Gasteiger partial charge in [-0.1, -0.05) is 26.2 Å². The van der Waals surface area contributed by atoms with Crippen LogP contribution in [0.2, 0.25) is 0 Å². The van der Waals surface area contributed by atoms with E-state index in [-0.39, 0.29) is 6.03 Å². The van der Waals surface area contributed by atoms with E-state index in [4.69, 9.17) is 0 Å². The van der Waals surface area contributed by atoms with Crippen LogP contribution in [0, 0.1) is 5.92 Å². The van der Waals surface area contributed by atoms with Gasteiger partial charge in [-0.2, -0.15) is 5.10 Å². The van der Waals surface area contributed by atoms with Crippen molar-refractivity contribution in [2.45, 2.75) is 51.6 Å². The van der Waals surface area contributed by atoms with Gasteiger partial charge in [-0.3, -0.25) is 4.68 Å². The molecule has 0 aliphatic heterocycles. The largest absolute Gasteiger partial charge is 0.338 e. The first-order valence-corrected chi connectivity index (χ1v) is 7.26. The molecule has 1 fully saturated rings. The average molecular weight is 264 g/mol. The quantitative estimate of drug-likeness (QED) is 0.856. The van der Waals surface area contributed by atoms with Crippen molar-refractivity contribution in [2.24, 2.45) is 5.92 Å². The lowest BCUT2D eigenvalue weighted by Crippen LogP contribution is -2.44. The molecule has 19 heavy (non-hydrogen) atoms. The molecule has 2 amide bonds. The molecule has 0 radical (unpaired) electrons. The van der Waals surface area contributed by atoms with Gasteiger partial charge in [-0.25, -0.2) is 4.79 Å². The Hall–Kier alpha value is -1.52. The van der Waals surface area contributed by atoms with Gasteiger partial charge in [-0.05, 0) is 24.8 Å². The Morgan fingerprint density at radius 1 is 1.42 bits per heavy atom. The molecule has 2 N–H and O–H groups in total. The highest BCUT2D eigenvalue weighted by Crippen LogP contribution is 2.17. The number of nitrogens with one attached hydrogen (secondary N) is 2. The molecule has 0 saturated heterocycles. The van der Waals surface area contributed by atoms with Crippen molar-refractivity contribution in [1.29, 1.82) is 0 Å². The number of carbonyl (C=O) groups is 1. The number of hydrogen-bond donors (Lipinski definition) is 2. The number of rotatable bonds is 5.